The Bertz CT molecular complexity index is 630. The lowest BCUT2D eigenvalue weighted by Gasteiger charge is -2.02. The summed E-state index contributed by atoms with van der Waals surface area (Å²) in [5.74, 6) is 0.0981. The number of aromatic nitrogens is 2. The van der Waals surface area contributed by atoms with E-state index in [1.54, 1.807) is 6.92 Å². The number of carbonyl (C=O) groups excluding carboxylic acids is 2. The van der Waals surface area contributed by atoms with Crippen LogP contribution >= 0.6 is 11.8 Å². The Morgan fingerprint density at radius 3 is 2.73 bits per heavy atom. The van der Waals surface area contributed by atoms with Crippen molar-refractivity contribution in [2.75, 3.05) is 12.3 Å². The molecule has 7 nitrogen and oxygen atoms in total. The van der Waals surface area contributed by atoms with Crippen molar-refractivity contribution in [2.24, 2.45) is 0 Å². The molecule has 0 atom stereocenters. The normalized spacial score (nSPS) is 10.2. The number of hydrogen-bond acceptors (Lipinski definition) is 6. The SMILES string of the molecule is CCNC(=O)NC(=O)CSc1nnc(Cc2ccccc2)o1. The first-order valence-corrected chi connectivity index (χ1v) is 7.72. The van der Waals surface area contributed by atoms with E-state index in [1.807, 2.05) is 30.3 Å². The van der Waals surface area contributed by atoms with E-state index in [9.17, 15) is 9.59 Å². The summed E-state index contributed by atoms with van der Waals surface area (Å²) in [6.45, 7) is 2.23. The Morgan fingerprint density at radius 2 is 2.00 bits per heavy atom. The predicted molar refractivity (Wildman–Crippen MR) is 81.5 cm³/mol. The van der Waals surface area contributed by atoms with E-state index >= 15 is 0 Å². The third kappa shape index (κ3) is 5.21. The van der Waals surface area contributed by atoms with Crippen LogP contribution in [0.25, 0.3) is 0 Å². The number of nitrogens with one attached hydrogen (secondary N) is 2. The van der Waals surface area contributed by atoms with Gasteiger partial charge in [-0.3, -0.25) is 10.1 Å². The van der Waals surface area contributed by atoms with Crippen LogP contribution in [0.5, 0.6) is 0 Å². The van der Waals surface area contributed by atoms with Gasteiger partial charge in [0.05, 0.1) is 12.2 Å². The van der Waals surface area contributed by atoms with Crippen molar-refractivity contribution >= 4 is 23.7 Å². The van der Waals surface area contributed by atoms with Crippen LogP contribution in [0, 0.1) is 0 Å². The average molecular weight is 320 g/mol. The van der Waals surface area contributed by atoms with Crippen molar-refractivity contribution < 1.29 is 14.0 Å². The molecule has 8 heteroatoms. The maximum atomic E-state index is 11.5. The highest BCUT2D eigenvalue weighted by Gasteiger charge is 2.11. The van der Waals surface area contributed by atoms with E-state index in [2.05, 4.69) is 20.8 Å². The maximum absolute atomic E-state index is 11.5. The second-order valence-corrected chi connectivity index (χ2v) is 5.25. The van der Waals surface area contributed by atoms with Gasteiger partial charge in [0.2, 0.25) is 11.8 Å². The van der Waals surface area contributed by atoms with Gasteiger partial charge < -0.3 is 9.73 Å². The van der Waals surface area contributed by atoms with Crippen molar-refractivity contribution in [3.63, 3.8) is 0 Å². The van der Waals surface area contributed by atoms with Gasteiger partial charge in [-0.25, -0.2) is 4.79 Å². The minimum atomic E-state index is -0.511. The van der Waals surface area contributed by atoms with E-state index in [4.69, 9.17) is 4.42 Å². The Kier molecular flexibility index (Phi) is 5.96. The Labute approximate surface area is 131 Å². The number of benzene rings is 1. The summed E-state index contributed by atoms with van der Waals surface area (Å²) in [6.07, 6.45) is 0.541. The van der Waals surface area contributed by atoms with Gasteiger partial charge >= 0.3 is 6.03 Å². The second-order valence-electron chi connectivity index (χ2n) is 4.32. The molecule has 0 bridgehead atoms. The molecule has 1 heterocycles. The standard InChI is InChI=1S/C14H16N4O3S/c1-2-15-13(20)16-11(19)9-22-14-18-17-12(21-14)8-10-6-4-3-5-7-10/h3-7H,2,8-9H2,1H3,(H2,15,16,19,20). The first-order chi connectivity index (χ1) is 10.7. The molecular weight excluding hydrogens is 304 g/mol. The number of rotatable bonds is 6. The Hall–Kier alpha value is -2.35. The summed E-state index contributed by atoms with van der Waals surface area (Å²) in [5, 5.41) is 12.8. The summed E-state index contributed by atoms with van der Waals surface area (Å²) in [7, 11) is 0. The van der Waals surface area contributed by atoms with Gasteiger partial charge in [-0.1, -0.05) is 42.1 Å². The van der Waals surface area contributed by atoms with Gasteiger partial charge in [-0.15, -0.1) is 10.2 Å². The molecule has 1 aromatic carbocycles. The van der Waals surface area contributed by atoms with Gasteiger partial charge in [0.1, 0.15) is 0 Å². The minimum absolute atomic E-state index is 0.0318. The number of urea groups is 1. The zero-order valence-electron chi connectivity index (χ0n) is 12.0. The number of nitrogens with zero attached hydrogens (tertiary/aromatic N) is 2. The fraction of sp³-hybridized carbons (Fsp3) is 0.286. The van der Waals surface area contributed by atoms with Crippen molar-refractivity contribution in [1.82, 2.24) is 20.8 Å². The molecule has 0 aliphatic carbocycles. The van der Waals surface area contributed by atoms with E-state index in [0.29, 0.717) is 24.1 Å². The van der Waals surface area contributed by atoms with Gasteiger partial charge in [-0.05, 0) is 12.5 Å². The molecular formula is C14H16N4O3S. The number of amides is 3. The molecule has 0 aliphatic rings. The molecule has 1 aromatic heterocycles. The second kappa shape index (κ2) is 8.18. The van der Waals surface area contributed by atoms with E-state index in [0.717, 1.165) is 17.3 Å². The zero-order valence-corrected chi connectivity index (χ0v) is 12.9. The molecule has 2 rings (SSSR count). The zero-order chi connectivity index (χ0) is 15.8. The van der Waals surface area contributed by atoms with Gasteiger partial charge in [-0.2, -0.15) is 0 Å². The fourth-order valence-corrected chi connectivity index (χ4v) is 2.21. The third-order valence-corrected chi connectivity index (χ3v) is 3.38. The molecule has 0 saturated heterocycles. The lowest BCUT2D eigenvalue weighted by Crippen LogP contribution is -2.40. The number of imide groups is 1. The maximum Gasteiger partial charge on any atom is 0.321 e. The van der Waals surface area contributed by atoms with Crippen molar-refractivity contribution in [3.8, 4) is 0 Å². The van der Waals surface area contributed by atoms with Crippen LogP contribution in [-0.4, -0.2) is 34.4 Å². The van der Waals surface area contributed by atoms with Crippen LogP contribution in [0.2, 0.25) is 0 Å². The monoisotopic (exact) mass is 320 g/mol. The summed E-state index contributed by atoms with van der Waals surface area (Å²) in [6, 6.07) is 9.24. The molecule has 22 heavy (non-hydrogen) atoms. The molecule has 0 aliphatic heterocycles. The molecule has 0 spiro atoms. The van der Waals surface area contributed by atoms with E-state index in [-0.39, 0.29) is 5.75 Å². The van der Waals surface area contributed by atoms with Gasteiger partial charge in [0.15, 0.2) is 0 Å². The molecule has 116 valence electrons. The topological polar surface area (TPSA) is 97.1 Å². The van der Waals surface area contributed by atoms with Gasteiger partial charge in [0, 0.05) is 6.54 Å². The fourth-order valence-electron chi connectivity index (χ4n) is 1.63. The summed E-state index contributed by atoms with van der Waals surface area (Å²) < 4.78 is 5.45. The molecule has 2 aromatic rings. The Morgan fingerprint density at radius 1 is 1.23 bits per heavy atom. The van der Waals surface area contributed by atoms with E-state index in [1.165, 1.54) is 0 Å². The minimum Gasteiger partial charge on any atom is -0.416 e. The lowest BCUT2D eigenvalue weighted by molar-refractivity contribution is -0.117. The van der Waals surface area contributed by atoms with E-state index < -0.39 is 11.9 Å². The Balaban J connectivity index is 1.80. The summed E-state index contributed by atoms with van der Waals surface area (Å²) >= 11 is 1.09. The first-order valence-electron chi connectivity index (χ1n) is 6.74. The van der Waals surface area contributed by atoms with Crippen LogP contribution in [0.3, 0.4) is 0 Å². The number of thioether (sulfide) groups is 1. The number of carbonyl (C=O) groups is 2. The highest BCUT2D eigenvalue weighted by Crippen LogP contribution is 2.17. The van der Waals surface area contributed by atoms with Crippen LogP contribution in [0.4, 0.5) is 4.79 Å². The molecule has 0 unspecified atom stereocenters. The van der Waals surface area contributed by atoms with Crippen LogP contribution in [0.1, 0.15) is 18.4 Å². The largest absolute Gasteiger partial charge is 0.416 e. The highest BCUT2D eigenvalue weighted by molar-refractivity contribution is 7.99. The number of hydrogen-bond donors (Lipinski definition) is 2. The average Bonchev–Trinajstić information content (AvgIpc) is 2.94. The van der Waals surface area contributed by atoms with Crippen molar-refractivity contribution in [3.05, 3.63) is 41.8 Å². The van der Waals surface area contributed by atoms with Crippen molar-refractivity contribution in [1.29, 1.82) is 0 Å². The molecule has 2 N–H and O–H groups in total. The third-order valence-electron chi connectivity index (χ3n) is 2.56. The molecule has 0 radical (unpaired) electrons. The summed E-state index contributed by atoms with van der Waals surface area (Å²) in [5.41, 5.74) is 1.07. The molecule has 3 amide bonds. The smallest absolute Gasteiger partial charge is 0.321 e. The van der Waals surface area contributed by atoms with Crippen LogP contribution < -0.4 is 10.6 Å². The molecule has 0 saturated carbocycles. The van der Waals surface area contributed by atoms with Crippen molar-refractivity contribution in [2.45, 2.75) is 18.6 Å². The summed E-state index contributed by atoms with van der Waals surface area (Å²) in [4.78, 5) is 22.7. The van der Waals surface area contributed by atoms with Gasteiger partial charge in [0.25, 0.3) is 5.22 Å². The quantitative estimate of drug-likeness (QED) is 0.785. The molecule has 0 fully saturated rings. The first kappa shape index (κ1) is 16.0. The van der Waals surface area contributed by atoms with Crippen LogP contribution in [0.15, 0.2) is 40.0 Å². The highest BCUT2D eigenvalue weighted by atomic mass is 32.2. The predicted octanol–water partition coefficient (Wildman–Crippen LogP) is 1.60. The lowest BCUT2D eigenvalue weighted by atomic mass is 10.2. The van der Waals surface area contributed by atoms with Crippen LogP contribution in [-0.2, 0) is 11.2 Å².